The number of hydrogen-bond acceptors (Lipinski definition) is 7. The molecule has 0 radical (unpaired) electrons. The molecule has 2 rings (SSSR count). The lowest BCUT2D eigenvalue weighted by Gasteiger charge is -2.40. The van der Waals surface area contributed by atoms with Gasteiger partial charge in [0.1, 0.15) is 29.8 Å². The van der Waals surface area contributed by atoms with Gasteiger partial charge in [0.25, 0.3) is 0 Å². The van der Waals surface area contributed by atoms with Crippen molar-refractivity contribution < 1.29 is 20.1 Å². The van der Waals surface area contributed by atoms with E-state index in [0.717, 1.165) is 6.42 Å². The maximum absolute atomic E-state index is 10.1. The molecule has 1 fully saturated rings. The fourth-order valence-corrected chi connectivity index (χ4v) is 3.35. The molecular formula is C11H20N2O4S. The van der Waals surface area contributed by atoms with Crippen molar-refractivity contribution in [3.8, 4) is 0 Å². The molecule has 104 valence electrons. The van der Waals surface area contributed by atoms with E-state index in [1.54, 1.807) is 7.05 Å². The zero-order valence-corrected chi connectivity index (χ0v) is 11.3. The average molecular weight is 276 g/mol. The number of rotatable bonds is 3. The number of aliphatic hydroxyl groups is 3. The second kappa shape index (κ2) is 5.75. The van der Waals surface area contributed by atoms with Crippen molar-refractivity contribution in [2.24, 2.45) is 4.99 Å². The lowest BCUT2D eigenvalue weighted by Crippen LogP contribution is -2.58. The smallest absolute Gasteiger partial charge is 0.159 e. The van der Waals surface area contributed by atoms with E-state index in [2.05, 4.69) is 10.3 Å². The number of aliphatic hydroxyl groups excluding tert-OH is 3. The molecule has 6 atom stereocenters. The summed E-state index contributed by atoms with van der Waals surface area (Å²) in [6, 6.07) is -0.475. The van der Waals surface area contributed by atoms with Crippen molar-refractivity contribution in [2.45, 2.75) is 55.7 Å². The Labute approximate surface area is 110 Å². The van der Waals surface area contributed by atoms with Crippen LogP contribution < -0.4 is 5.32 Å². The van der Waals surface area contributed by atoms with E-state index in [1.165, 1.54) is 11.8 Å². The highest BCUT2D eigenvalue weighted by atomic mass is 32.2. The molecule has 0 aliphatic carbocycles. The van der Waals surface area contributed by atoms with Crippen molar-refractivity contribution >= 4 is 16.9 Å². The Kier molecular flexibility index (Phi) is 4.50. The fourth-order valence-electron chi connectivity index (χ4n) is 2.29. The molecule has 7 heteroatoms. The summed E-state index contributed by atoms with van der Waals surface area (Å²) in [5.41, 5.74) is -0.345. The first-order chi connectivity index (χ1) is 8.58. The summed E-state index contributed by atoms with van der Waals surface area (Å²) in [7, 11) is 1.75. The number of nitrogens with one attached hydrogen (secondary N) is 1. The van der Waals surface area contributed by atoms with Crippen LogP contribution in [0.15, 0.2) is 4.99 Å². The summed E-state index contributed by atoms with van der Waals surface area (Å²) in [5.74, 6) is 0. The van der Waals surface area contributed by atoms with Crippen LogP contribution in [-0.2, 0) is 4.74 Å². The second-order valence-electron chi connectivity index (χ2n) is 4.60. The molecule has 1 saturated heterocycles. The van der Waals surface area contributed by atoms with E-state index >= 15 is 0 Å². The Balaban J connectivity index is 2.08. The van der Waals surface area contributed by atoms with Crippen LogP contribution in [0, 0.1) is 0 Å². The number of fused-ring (bicyclic) bond motifs is 1. The van der Waals surface area contributed by atoms with Crippen LogP contribution in [0.5, 0.6) is 0 Å². The molecule has 18 heavy (non-hydrogen) atoms. The third-order valence-electron chi connectivity index (χ3n) is 3.28. The van der Waals surface area contributed by atoms with E-state index in [-0.39, 0.29) is 5.44 Å². The van der Waals surface area contributed by atoms with Gasteiger partial charge in [0.05, 0.1) is 6.10 Å². The maximum Gasteiger partial charge on any atom is 0.159 e. The maximum atomic E-state index is 10.1. The van der Waals surface area contributed by atoms with Gasteiger partial charge >= 0.3 is 0 Å². The lowest BCUT2D eigenvalue weighted by molar-refractivity contribution is -0.185. The monoisotopic (exact) mass is 276 g/mol. The zero-order chi connectivity index (χ0) is 13.3. The van der Waals surface area contributed by atoms with Crippen molar-refractivity contribution in [3.63, 3.8) is 0 Å². The molecule has 2 aliphatic heterocycles. The van der Waals surface area contributed by atoms with Gasteiger partial charge in [0.15, 0.2) is 5.17 Å². The first kappa shape index (κ1) is 14.1. The standard InChI is InChI=1S/C11H20N2O4S/c1-3-4-5(14)9-8(16)7(15)6-10(17-9)18-11(12-2)13-6/h5-10,14-16H,3-4H2,1-2H3,(H,12,13)/t5-,6+,7+,8-,9+,10+/m0/s1. The minimum atomic E-state index is -1.10. The van der Waals surface area contributed by atoms with Gasteiger partial charge in [-0.15, -0.1) is 0 Å². The lowest BCUT2D eigenvalue weighted by atomic mass is 9.93. The van der Waals surface area contributed by atoms with Crippen molar-refractivity contribution in [1.82, 2.24) is 5.32 Å². The Morgan fingerprint density at radius 2 is 2.17 bits per heavy atom. The van der Waals surface area contributed by atoms with E-state index in [9.17, 15) is 15.3 Å². The van der Waals surface area contributed by atoms with Gasteiger partial charge in [-0.25, -0.2) is 0 Å². The fraction of sp³-hybridized carbons (Fsp3) is 0.909. The molecule has 6 nitrogen and oxygen atoms in total. The summed E-state index contributed by atoms with van der Waals surface area (Å²) in [4.78, 5) is 4.25. The van der Waals surface area contributed by atoms with Crippen LogP contribution in [0.1, 0.15) is 19.8 Å². The average Bonchev–Trinajstić information content (AvgIpc) is 2.77. The molecule has 0 spiro atoms. The molecule has 2 heterocycles. The van der Waals surface area contributed by atoms with Gasteiger partial charge in [-0.3, -0.25) is 4.99 Å². The SMILES string of the molecule is CCC[C@H](O)[C@H]1O[C@@H]2SC(NC)=N[C@@H]2[C@@H](O)[C@@H]1O. The molecule has 0 aromatic carbocycles. The van der Waals surface area contributed by atoms with E-state index in [4.69, 9.17) is 4.74 Å². The Morgan fingerprint density at radius 3 is 2.78 bits per heavy atom. The molecule has 0 amide bonds. The van der Waals surface area contributed by atoms with E-state index in [0.29, 0.717) is 11.6 Å². The van der Waals surface area contributed by atoms with Gasteiger partial charge in [-0.1, -0.05) is 25.1 Å². The molecule has 0 bridgehead atoms. The van der Waals surface area contributed by atoms with Crippen LogP contribution in [-0.4, -0.2) is 63.4 Å². The number of ether oxygens (including phenoxy) is 1. The topological polar surface area (TPSA) is 94.3 Å². The quantitative estimate of drug-likeness (QED) is 0.544. The van der Waals surface area contributed by atoms with Crippen LogP contribution in [0.25, 0.3) is 0 Å². The number of thioether (sulfide) groups is 1. The van der Waals surface area contributed by atoms with Crippen LogP contribution in [0.4, 0.5) is 0 Å². The summed E-state index contributed by atoms with van der Waals surface area (Å²) >= 11 is 1.37. The number of nitrogens with zero attached hydrogens (tertiary/aromatic N) is 1. The molecule has 2 aliphatic rings. The minimum absolute atomic E-state index is 0.345. The summed E-state index contributed by atoms with van der Waals surface area (Å²) in [5, 5.41) is 33.6. The van der Waals surface area contributed by atoms with Gasteiger partial charge < -0.3 is 25.4 Å². The van der Waals surface area contributed by atoms with Crippen molar-refractivity contribution in [1.29, 1.82) is 0 Å². The van der Waals surface area contributed by atoms with Crippen LogP contribution in [0.2, 0.25) is 0 Å². The molecule has 4 N–H and O–H groups in total. The Bertz CT molecular complexity index is 328. The Hall–Kier alpha value is -0.340. The third kappa shape index (κ3) is 2.50. The van der Waals surface area contributed by atoms with E-state index in [1.807, 2.05) is 6.92 Å². The molecule has 0 unspecified atom stereocenters. The number of amidine groups is 1. The first-order valence-corrected chi connectivity index (χ1v) is 7.08. The molecular weight excluding hydrogens is 256 g/mol. The predicted octanol–water partition coefficient (Wildman–Crippen LogP) is -0.715. The highest BCUT2D eigenvalue weighted by molar-refractivity contribution is 8.14. The third-order valence-corrected chi connectivity index (χ3v) is 4.43. The van der Waals surface area contributed by atoms with Crippen LogP contribution in [0.3, 0.4) is 0 Å². The van der Waals surface area contributed by atoms with Gasteiger partial charge in [-0.05, 0) is 6.42 Å². The zero-order valence-electron chi connectivity index (χ0n) is 10.5. The van der Waals surface area contributed by atoms with Crippen LogP contribution >= 0.6 is 11.8 Å². The molecule has 0 aromatic heterocycles. The predicted molar refractivity (Wildman–Crippen MR) is 69.5 cm³/mol. The summed E-state index contributed by atoms with van der Waals surface area (Å²) in [6.07, 6.45) is -2.29. The van der Waals surface area contributed by atoms with E-state index < -0.39 is 30.5 Å². The highest BCUT2D eigenvalue weighted by Gasteiger charge is 2.49. The molecule has 0 saturated carbocycles. The van der Waals surface area contributed by atoms with Gasteiger partial charge in [0.2, 0.25) is 0 Å². The summed E-state index contributed by atoms with van der Waals surface area (Å²) in [6.45, 7) is 1.95. The Morgan fingerprint density at radius 1 is 1.44 bits per heavy atom. The normalized spacial score (nSPS) is 41.2. The number of hydrogen-bond donors (Lipinski definition) is 4. The van der Waals surface area contributed by atoms with Gasteiger partial charge in [0, 0.05) is 7.05 Å². The van der Waals surface area contributed by atoms with Gasteiger partial charge in [-0.2, -0.15) is 0 Å². The molecule has 0 aromatic rings. The highest BCUT2D eigenvalue weighted by Crippen LogP contribution is 2.36. The van der Waals surface area contributed by atoms with Crippen molar-refractivity contribution in [2.75, 3.05) is 7.05 Å². The second-order valence-corrected chi connectivity index (χ2v) is 5.69. The van der Waals surface area contributed by atoms with Crippen molar-refractivity contribution in [3.05, 3.63) is 0 Å². The number of aliphatic imine (C=N–C) groups is 1. The minimum Gasteiger partial charge on any atom is -0.390 e. The summed E-state index contributed by atoms with van der Waals surface area (Å²) < 4.78 is 5.69. The first-order valence-electron chi connectivity index (χ1n) is 6.20. The largest absolute Gasteiger partial charge is 0.390 e.